The molecule has 7 aliphatic rings. The number of aryl methyl sites for hydroxylation is 1. The van der Waals surface area contributed by atoms with Crippen LogP contribution in [0.2, 0.25) is 0 Å². The van der Waals surface area contributed by atoms with Crippen molar-refractivity contribution in [2.45, 2.75) is 80.8 Å². The lowest BCUT2D eigenvalue weighted by Gasteiger charge is -2.62. The van der Waals surface area contributed by atoms with E-state index in [4.69, 9.17) is 33.2 Å². The van der Waals surface area contributed by atoms with Gasteiger partial charge in [0.05, 0.1) is 37.6 Å². The number of nitrogens with zero attached hydrogens (tertiary/aromatic N) is 3. The van der Waals surface area contributed by atoms with E-state index in [9.17, 15) is 37.9 Å². The first-order valence-electron chi connectivity index (χ1n) is 19.5. The second-order valence-corrected chi connectivity index (χ2v) is 17.1. The number of nitrogens with one attached hydrogen (secondary N) is 1. The fourth-order valence-electron chi connectivity index (χ4n) is 10.4. The molecule has 61 heavy (non-hydrogen) atoms. The summed E-state index contributed by atoms with van der Waals surface area (Å²) in [6.07, 6.45) is -4.62. The summed E-state index contributed by atoms with van der Waals surface area (Å²) >= 11 is 1.32. The van der Waals surface area contributed by atoms with Gasteiger partial charge < -0.3 is 38.3 Å². The Labute approximate surface area is 351 Å². The Kier molecular flexibility index (Phi) is 9.81. The highest BCUT2D eigenvalue weighted by Crippen LogP contribution is 2.64. The average molecular weight is 867 g/mol. The van der Waals surface area contributed by atoms with Crippen LogP contribution in [0.4, 0.5) is 13.2 Å². The van der Waals surface area contributed by atoms with E-state index in [0.717, 1.165) is 11.1 Å². The maximum atomic E-state index is 14.9. The smallest absolute Gasteiger partial charge is 0.491 e. The van der Waals surface area contributed by atoms with Crippen molar-refractivity contribution in [3.8, 4) is 46.3 Å². The molecule has 2 saturated heterocycles. The first-order valence-corrected chi connectivity index (χ1v) is 20.6. The predicted octanol–water partition coefficient (Wildman–Crippen LogP) is 4.75. The van der Waals surface area contributed by atoms with Crippen molar-refractivity contribution in [1.82, 2.24) is 15.1 Å². The van der Waals surface area contributed by atoms with E-state index in [1.54, 1.807) is 6.92 Å². The molecule has 7 aliphatic heterocycles. The van der Waals surface area contributed by atoms with E-state index >= 15 is 0 Å². The Morgan fingerprint density at radius 1 is 1.02 bits per heavy atom. The van der Waals surface area contributed by atoms with Gasteiger partial charge in [0.25, 0.3) is 0 Å². The summed E-state index contributed by atoms with van der Waals surface area (Å²) in [5, 5.41) is 25.9. The second kappa shape index (κ2) is 14.6. The van der Waals surface area contributed by atoms with Gasteiger partial charge in [-0.25, -0.2) is 9.59 Å². The molecule has 0 aliphatic carbocycles. The highest BCUT2D eigenvalue weighted by atomic mass is 32.2. The number of benzene rings is 3. The van der Waals surface area contributed by atoms with Crippen molar-refractivity contribution in [3.63, 3.8) is 0 Å². The summed E-state index contributed by atoms with van der Waals surface area (Å²) in [4.78, 5) is 44.0. The Bertz CT molecular complexity index is 2460. The molecule has 0 saturated carbocycles. The molecule has 0 radical (unpaired) electrons. The van der Waals surface area contributed by atoms with E-state index in [1.165, 1.54) is 45.0 Å². The van der Waals surface area contributed by atoms with Crippen LogP contribution in [-0.4, -0.2) is 104 Å². The molecule has 7 atom stereocenters. The summed E-state index contributed by atoms with van der Waals surface area (Å²) in [5.74, 6) is -3.27. The van der Waals surface area contributed by atoms with Gasteiger partial charge >= 0.3 is 24.1 Å². The zero-order valence-electron chi connectivity index (χ0n) is 33.9. The van der Waals surface area contributed by atoms with Gasteiger partial charge in [0.2, 0.25) is 6.79 Å². The lowest BCUT2D eigenvalue weighted by atomic mass is 9.71. The number of ether oxygens (including phenoxy) is 7. The number of fused-ring (bicyclic) bond motifs is 9. The molecule has 3 aromatic carbocycles. The van der Waals surface area contributed by atoms with Crippen LogP contribution < -0.4 is 33.7 Å². The number of likely N-dealkylation sites (N-methyl/N-ethyl adjacent to an activating group) is 1. The fraction of sp³-hybridized carbons (Fsp3) is 0.476. The molecule has 10 rings (SSSR count). The molecule has 1 unspecified atom stereocenters. The van der Waals surface area contributed by atoms with Gasteiger partial charge in [-0.1, -0.05) is 6.07 Å². The highest BCUT2D eigenvalue weighted by Gasteiger charge is 2.62. The number of carbonyl (C=O) groups excluding carboxylic acids is 3. The number of hydrogen-bond donors (Lipinski definition) is 2. The maximum absolute atomic E-state index is 14.9. The molecule has 0 aromatic heterocycles. The van der Waals surface area contributed by atoms with Crippen LogP contribution in [0.1, 0.15) is 68.8 Å². The number of phenolic OH excluding ortho intramolecular Hbond substituents is 1. The van der Waals surface area contributed by atoms with Crippen LogP contribution in [0.25, 0.3) is 0 Å². The normalized spacial score (nSPS) is 27.4. The number of alkyl halides is 3. The van der Waals surface area contributed by atoms with Crippen molar-refractivity contribution in [1.29, 1.82) is 5.26 Å². The van der Waals surface area contributed by atoms with E-state index in [0.29, 0.717) is 57.1 Å². The molecular weight excluding hydrogens is 826 g/mol. The van der Waals surface area contributed by atoms with Crippen molar-refractivity contribution in [2.75, 3.05) is 47.0 Å². The summed E-state index contributed by atoms with van der Waals surface area (Å²) in [6, 6.07) is 3.89. The van der Waals surface area contributed by atoms with Gasteiger partial charge in [0.1, 0.15) is 18.4 Å². The topological polar surface area (TPSA) is 178 Å². The van der Waals surface area contributed by atoms with Crippen molar-refractivity contribution in [2.24, 2.45) is 0 Å². The van der Waals surface area contributed by atoms with Gasteiger partial charge in [0, 0.05) is 53.6 Å². The monoisotopic (exact) mass is 866 g/mol. The number of rotatable bonds is 4. The number of esters is 3. The second-order valence-electron chi connectivity index (χ2n) is 16.0. The summed E-state index contributed by atoms with van der Waals surface area (Å²) in [5.41, 5.74) is 2.91. The quantitative estimate of drug-likeness (QED) is 0.271. The number of nitriles is 1. The third-order valence-corrected chi connectivity index (χ3v) is 14.3. The van der Waals surface area contributed by atoms with E-state index in [1.807, 2.05) is 20.0 Å². The molecule has 3 aromatic rings. The number of hydrogen-bond acceptors (Lipinski definition) is 16. The SMILES string of the molecule is COc1cc2c(cc1OC(=O)C(F)(F)F)CCN[C@]21CS[C@@H]2c3c(OC(C)=O)c(C)c4c(c3[C@@H](COC1=O)N1C2[C@H]2c3c(cc(C)c(OC)c3O)C[C@@H]([C@@H]1C#N)N2C)OCO4. The first kappa shape index (κ1) is 41.0. The lowest BCUT2D eigenvalue weighted by Crippen LogP contribution is -2.69. The third-order valence-electron chi connectivity index (χ3n) is 12.9. The zero-order chi connectivity index (χ0) is 43.4. The summed E-state index contributed by atoms with van der Waals surface area (Å²) in [6.45, 7) is 4.61. The number of halogens is 3. The molecule has 2 fully saturated rings. The maximum Gasteiger partial charge on any atom is 0.491 e. The van der Waals surface area contributed by atoms with E-state index < -0.39 is 64.8 Å². The number of carbonyl (C=O) groups is 3. The van der Waals surface area contributed by atoms with Gasteiger partial charge in [-0.3, -0.25) is 19.9 Å². The Morgan fingerprint density at radius 2 is 1.77 bits per heavy atom. The minimum atomic E-state index is -5.28. The van der Waals surface area contributed by atoms with Gasteiger partial charge in [0.15, 0.2) is 40.0 Å². The van der Waals surface area contributed by atoms with Crippen LogP contribution in [0, 0.1) is 25.2 Å². The molecule has 1 spiro atoms. The number of phenols is 1. The minimum absolute atomic E-state index is 0.0386. The van der Waals surface area contributed by atoms with Crippen LogP contribution >= 0.6 is 11.8 Å². The summed E-state index contributed by atoms with van der Waals surface area (Å²) in [7, 11) is 4.60. The van der Waals surface area contributed by atoms with Crippen molar-refractivity contribution in [3.05, 3.63) is 62.7 Å². The zero-order valence-corrected chi connectivity index (χ0v) is 34.7. The van der Waals surface area contributed by atoms with Gasteiger partial charge in [-0.2, -0.15) is 18.4 Å². The van der Waals surface area contributed by atoms with Gasteiger partial charge in [-0.05, 0) is 68.1 Å². The number of methoxy groups -OCH3 is 2. The number of thioether (sulfide) groups is 1. The van der Waals surface area contributed by atoms with Crippen molar-refractivity contribution >= 4 is 29.7 Å². The fourth-order valence-corrected chi connectivity index (χ4v) is 12.1. The van der Waals surface area contributed by atoms with Crippen LogP contribution in [0.15, 0.2) is 18.2 Å². The summed E-state index contributed by atoms with van der Waals surface area (Å²) < 4.78 is 80.5. The molecule has 322 valence electrons. The van der Waals surface area contributed by atoms with E-state index in [-0.39, 0.29) is 55.4 Å². The average Bonchev–Trinajstić information content (AvgIpc) is 3.70. The molecule has 15 nitrogen and oxygen atoms in total. The molecule has 0 amide bonds. The number of aromatic hydroxyl groups is 1. The van der Waals surface area contributed by atoms with Gasteiger partial charge in [-0.15, -0.1) is 11.8 Å². The Balaban J connectivity index is 1.29. The molecular formula is C42H41F3N4O11S. The highest BCUT2D eigenvalue weighted by molar-refractivity contribution is 7.99. The lowest BCUT2D eigenvalue weighted by molar-refractivity contribution is -0.189. The largest absolute Gasteiger partial charge is 0.504 e. The predicted molar refractivity (Wildman–Crippen MR) is 208 cm³/mol. The molecule has 4 bridgehead atoms. The van der Waals surface area contributed by atoms with Crippen LogP contribution in [0.5, 0.6) is 40.2 Å². The molecule has 19 heteroatoms. The Morgan fingerprint density at radius 3 is 2.46 bits per heavy atom. The molecule has 7 heterocycles. The first-order chi connectivity index (χ1) is 29.1. The Hall–Kier alpha value is -5.42. The number of piperazine rings is 1. The third kappa shape index (κ3) is 6.00. The molecule has 2 N–H and O–H groups in total. The standard InChI is InChI=1S/C42H41F3N4O11S/c1-17-9-21-10-23-24(13-46)49-25-14-56-39(52)41(22-12-26(54-5)27(11-20(22)7-8-47-41)60-40(53)42(43,44)45)15-61-38(32(49)31(48(23)4)28(21)33(51)34(17)55-6)30-29(25)37-36(57-16-58-37)18(2)35(30)59-19(3)50/h9,11-12,23-25,31-32,38,47,51H,7-8,10,14-16H2,1-6H3/t23-,24-,25+,31+,32?,38+,41+/m0/s1. The minimum Gasteiger partial charge on any atom is -0.504 e. The van der Waals surface area contributed by atoms with Crippen LogP contribution in [-0.2, 0) is 37.5 Å². The van der Waals surface area contributed by atoms with Crippen LogP contribution in [0.3, 0.4) is 0 Å². The van der Waals surface area contributed by atoms with E-state index in [2.05, 4.69) is 21.2 Å². The van der Waals surface area contributed by atoms with Crippen molar-refractivity contribution < 1.29 is 65.8 Å².